The van der Waals surface area contributed by atoms with Crippen LogP contribution in [0.3, 0.4) is 0 Å². The molecule has 2 aromatic heterocycles. The number of amides is 1. The van der Waals surface area contributed by atoms with E-state index in [1.807, 2.05) is 49.4 Å². The van der Waals surface area contributed by atoms with E-state index in [1.165, 1.54) is 11.8 Å². The topological polar surface area (TPSA) is 85.6 Å². The maximum atomic E-state index is 12.3. The molecule has 1 amide bonds. The molecule has 8 heteroatoms. The van der Waals surface area contributed by atoms with E-state index >= 15 is 0 Å². The maximum absolute atomic E-state index is 12.3. The molecule has 0 radical (unpaired) electrons. The van der Waals surface area contributed by atoms with Gasteiger partial charge in [0.25, 0.3) is 0 Å². The van der Waals surface area contributed by atoms with E-state index < -0.39 is 0 Å². The fourth-order valence-corrected chi connectivity index (χ4v) is 2.84. The molecule has 122 valence electrons. The number of thioether (sulfide) groups is 1. The number of tetrazole rings is 1. The van der Waals surface area contributed by atoms with Gasteiger partial charge in [0.15, 0.2) is 0 Å². The number of hydrogen-bond donors (Lipinski definition) is 1. The average molecular weight is 340 g/mol. The highest BCUT2D eigenvalue weighted by Gasteiger charge is 2.19. The largest absolute Gasteiger partial charge is 0.310 e. The molecule has 1 atom stereocenters. The Balaban J connectivity index is 1.70. The van der Waals surface area contributed by atoms with E-state index in [4.69, 9.17) is 0 Å². The molecule has 0 aliphatic rings. The Morgan fingerprint density at radius 1 is 1.17 bits per heavy atom. The smallest absolute Gasteiger partial charge is 0.238 e. The summed E-state index contributed by atoms with van der Waals surface area (Å²) in [4.78, 5) is 16.6. The SMILES string of the molecule is Cc1cccc(NC(=O)C(C)Sc2nnnn2-c2ccccc2)n1. The highest BCUT2D eigenvalue weighted by atomic mass is 32.2. The minimum absolute atomic E-state index is 0.152. The van der Waals surface area contributed by atoms with Crippen molar-refractivity contribution < 1.29 is 4.79 Å². The first-order valence-electron chi connectivity index (χ1n) is 7.38. The Kier molecular flexibility index (Phi) is 4.85. The number of nitrogens with one attached hydrogen (secondary N) is 1. The minimum atomic E-state index is -0.374. The van der Waals surface area contributed by atoms with Gasteiger partial charge in [-0.25, -0.2) is 4.98 Å². The lowest BCUT2D eigenvalue weighted by atomic mass is 10.3. The first-order chi connectivity index (χ1) is 11.6. The summed E-state index contributed by atoms with van der Waals surface area (Å²) in [5.41, 5.74) is 1.69. The first kappa shape index (κ1) is 16.1. The van der Waals surface area contributed by atoms with Crippen LogP contribution < -0.4 is 5.32 Å². The third-order valence-corrected chi connectivity index (χ3v) is 4.27. The van der Waals surface area contributed by atoms with Crippen LogP contribution in [0.2, 0.25) is 0 Å². The van der Waals surface area contributed by atoms with Gasteiger partial charge in [-0.3, -0.25) is 4.79 Å². The fourth-order valence-electron chi connectivity index (χ4n) is 2.04. The van der Waals surface area contributed by atoms with E-state index in [1.54, 1.807) is 17.7 Å². The lowest BCUT2D eigenvalue weighted by Crippen LogP contribution is -2.23. The molecule has 24 heavy (non-hydrogen) atoms. The van der Waals surface area contributed by atoms with Crippen LogP contribution in [-0.4, -0.2) is 36.3 Å². The molecule has 3 rings (SSSR count). The summed E-state index contributed by atoms with van der Waals surface area (Å²) in [5.74, 6) is 0.385. The third-order valence-electron chi connectivity index (χ3n) is 3.23. The van der Waals surface area contributed by atoms with Crippen molar-refractivity contribution in [1.82, 2.24) is 25.2 Å². The summed E-state index contributed by atoms with van der Waals surface area (Å²) in [6.45, 7) is 3.68. The number of para-hydroxylation sites is 1. The van der Waals surface area contributed by atoms with Gasteiger partial charge in [-0.15, -0.1) is 5.10 Å². The van der Waals surface area contributed by atoms with Gasteiger partial charge in [0.2, 0.25) is 11.1 Å². The van der Waals surface area contributed by atoms with Gasteiger partial charge in [0.1, 0.15) is 5.82 Å². The average Bonchev–Trinajstić information content (AvgIpc) is 3.03. The molecule has 0 saturated heterocycles. The Morgan fingerprint density at radius 2 is 1.96 bits per heavy atom. The second kappa shape index (κ2) is 7.22. The van der Waals surface area contributed by atoms with E-state index in [0.717, 1.165) is 11.4 Å². The number of carbonyl (C=O) groups excluding carboxylic acids is 1. The molecule has 0 fully saturated rings. The van der Waals surface area contributed by atoms with Crippen molar-refractivity contribution in [3.63, 3.8) is 0 Å². The van der Waals surface area contributed by atoms with Gasteiger partial charge in [-0.05, 0) is 48.5 Å². The third kappa shape index (κ3) is 3.77. The van der Waals surface area contributed by atoms with Crippen molar-refractivity contribution in [2.45, 2.75) is 24.3 Å². The predicted molar refractivity (Wildman–Crippen MR) is 92.1 cm³/mol. The molecule has 1 unspecified atom stereocenters. The zero-order valence-electron chi connectivity index (χ0n) is 13.2. The van der Waals surface area contributed by atoms with Crippen LogP contribution in [0.1, 0.15) is 12.6 Å². The lowest BCUT2D eigenvalue weighted by molar-refractivity contribution is -0.115. The molecule has 0 bridgehead atoms. The number of nitrogens with zero attached hydrogens (tertiary/aromatic N) is 5. The van der Waals surface area contributed by atoms with Crippen LogP contribution in [0.5, 0.6) is 0 Å². The number of pyridine rings is 1. The number of aromatic nitrogens is 5. The fraction of sp³-hybridized carbons (Fsp3) is 0.188. The van der Waals surface area contributed by atoms with Crippen molar-refractivity contribution in [3.05, 3.63) is 54.2 Å². The second-order valence-electron chi connectivity index (χ2n) is 5.12. The number of benzene rings is 1. The molecule has 3 aromatic rings. The summed E-state index contributed by atoms with van der Waals surface area (Å²) in [6.07, 6.45) is 0. The number of rotatable bonds is 5. The summed E-state index contributed by atoms with van der Waals surface area (Å²) >= 11 is 1.29. The first-order valence-corrected chi connectivity index (χ1v) is 8.26. The van der Waals surface area contributed by atoms with E-state index in [0.29, 0.717) is 11.0 Å². The van der Waals surface area contributed by atoms with Gasteiger partial charge >= 0.3 is 0 Å². The predicted octanol–water partition coefficient (Wildman–Crippen LogP) is 2.49. The van der Waals surface area contributed by atoms with Crippen molar-refractivity contribution in [2.24, 2.45) is 0 Å². The molecule has 0 spiro atoms. The molecule has 0 aliphatic carbocycles. The molecule has 0 saturated carbocycles. The van der Waals surface area contributed by atoms with Gasteiger partial charge in [-0.1, -0.05) is 36.0 Å². The molecule has 0 aliphatic heterocycles. The number of hydrogen-bond acceptors (Lipinski definition) is 6. The van der Waals surface area contributed by atoms with Crippen molar-refractivity contribution >= 4 is 23.5 Å². The van der Waals surface area contributed by atoms with Crippen molar-refractivity contribution in [3.8, 4) is 5.69 Å². The monoisotopic (exact) mass is 340 g/mol. The van der Waals surface area contributed by atoms with Crippen LogP contribution in [0.25, 0.3) is 5.69 Å². The van der Waals surface area contributed by atoms with Crippen LogP contribution >= 0.6 is 11.8 Å². The standard InChI is InChI=1S/C16H16N6OS/c1-11-7-6-10-14(17-11)18-15(23)12(2)24-16-19-20-21-22(16)13-8-4-3-5-9-13/h3-10,12H,1-2H3,(H,17,18,23). The van der Waals surface area contributed by atoms with E-state index in [-0.39, 0.29) is 11.2 Å². The Hall–Kier alpha value is -2.74. The molecule has 2 heterocycles. The lowest BCUT2D eigenvalue weighted by Gasteiger charge is -2.11. The van der Waals surface area contributed by atoms with Crippen LogP contribution in [0, 0.1) is 6.92 Å². The highest BCUT2D eigenvalue weighted by Crippen LogP contribution is 2.23. The minimum Gasteiger partial charge on any atom is -0.310 e. The summed E-state index contributed by atoms with van der Waals surface area (Å²) < 4.78 is 1.61. The molecule has 1 aromatic carbocycles. The van der Waals surface area contributed by atoms with E-state index in [2.05, 4.69) is 25.8 Å². The summed E-state index contributed by atoms with van der Waals surface area (Å²) in [5, 5.41) is 14.7. The maximum Gasteiger partial charge on any atom is 0.238 e. The summed E-state index contributed by atoms with van der Waals surface area (Å²) in [7, 11) is 0. The zero-order chi connectivity index (χ0) is 16.9. The summed E-state index contributed by atoms with van der Waals surface area (Å²) in [6, 6.07) is 15.0. The molecular weight excluding hydrogens is 324 g/mol. The van der Waals surface area contributed by atoms with Gasteiger partial charge in [-0.2, -0.15) is 4.68 Å². The highest BCUT2D eigenvalue weighted by molar-refractivity contribution is 8.00. The van der Waals surface area contributed by atoms with Crippen molar-refractivity contribution in [1.29, 1.82) is 0 Å². The van der Waals surface area contributed by atoms with Gasteiger partial charge in [0, 0.05) is 5.69 Å². The molecular formula is C16H16N6OS. The molecule has 1 N–H and O–H groups in total. The van der Waals surface area contributed by atoms with Crippen LogP contribution in [0.15, 0.2) is 53.7 Å². The normalized spacial score (nSPS) is 11.9. The van der Waals surface area contributed by atoms with Crippen LogP contribution in [0.4, 0.5) is 5.82 Å². The number of anilines is 1. The second-order valence-corrected chi connectivity index (χ2v) is 6.43. The van der Waals surface area contributed by atoms with Gasteiger partial charge < -0.3 is 5.32 Å². The quantitative estimate of drug-likeness (QED) is 0.718. The molecule has 7 nitrogen and oxygen atoms in total. The van der Waals surface area contributed by atoms with Crippen LogP contribution in [-0.2, 0) is 4.79 Å². The number of carbonyl (C=O) groups is 1. The van der Waals surface area contributed by atoms with Crippen molar-refractivity contribution in [2.75, 3.05) is 5.32 Å². The Labute approximate surface area is 143 Å². The van der Waals surface area contributed by atoms with Gasteiger partial charge in [0.05, 0.1) is 10.9 Å². The Morgan fingerprint density at radius 3 is 2.71 bits per heavy atom. The van der Waals surface area contributed by atoms with E-state index in [9.17, 15) is 4.79 Å². The zero-order valence-corrected chi connectivity index (χ0v) is 14.1. The number of aryl methyl sites for hydroxylation is 1. The Bertz CT molecular complexity index is 835.